The monoisotopic (exact) mass is 214 g/mol. The number of likely N-dealkylation sites (tertiary alicyclic amines) is 1. The lowest BCUT2D eigenvalue weighted by Gasteiger charge is -2.37. The largest absolute Gasteiger partial charge is 0.380 e. The molecule has 3 unspecified atom stereocenters. The van der Waals surface area contributed by atoms with Gasteiger partial charge in [-0.15, -0.1) is 0 Å². The molecule has 0 radical (unpaired) electrons. The molecule has 2 N–H and O–H groups in total. The Bertz CT molecular complexity index is 182. The summed E-state index contributed by atoms with van der Waals surface area (Å²) in [5, 5.41) is 0. The highest BCUT2D eigenvalue weighted by atomic mass is 16.5. The molecule has 1 saturated heterocycles. The molecule has 1 rings (SSSR count). The molecule has 3 nitrogen and oxygen atoms in total. The molecule has 0 spiro atoms. The number of methoxy groups -OCH3 is 1. The van der Waals surface area contributed by atoms with Crippen molar-refractivity contribution in [2.24, 2.45) is 17.6 Å². The second kappa shape index (κ2) is 5.83. The molecule has 1 aliphatic heterocycles. The zero-order valence-corrected chi connectivity index (χ0v) is 10.6. The van der Waals surface area contributed by atoms with Crippen LogP contribution in [0, 0.1) is 11.8 Å². The molecule has 0 aromatic rings. The number of hydrogen-bond donors (Lipinski definition) is 1. The Morgan fingerprint density at radius 3 is 2.67 bits per heavy atom. The Labute approximate surface area is 94.0 Å². The van der Waals surface area contributed by atoms with Gasteiger partial charge in [0.2, 0.25) is 0 Å². The molecular weight excluding hydrogens is 188 g/mol. The van der Waals surface area contributed by atoms with Gasteiger partial charge in [0.05, 0.1) is 6.10 Å². The van der Waals surface area contributed by atoms with Crippen molar-refractivity contribution < 1.29 is 4.74 Å². The van der Waals surface area contributed by atoms with Crippen molar-refractivity contribution in [2.75, 3.05) is 26.7 Å². The van der Waals surface area contributed by atoms with Crippen LogP contribution in [0.2, 0.25) is 0 Å². The Kier molecular flexibility index (Phi) is 5.03. The molecule has 1 aliphatic rings. The van der Waals surface area contributed by atoms with E-state index in [1.807, 2.05) is 7.11 Å². The lowest BCUT2D eigenvalue weighted by atomic mass is 9.94. The van der Waals surface area contributed by atoms with Gasteiger partial charge in [-0.3, -0.25) is 4.90 Å². The first-order chi connectivity index (χ1) is 7.04. The van der Waals surface area contributed by atoms with E-state index >= 15 is 0 Å². The summed E-state index contributed by atoms with van der Waals surface area (Å²) in [7, 11) is 1.81. The predicted molar refractivity (Wildman–Crippen MR) is 63.8 cm³/mol. The number of rotatable bonds is 4. The van der Waals surface area contributed by atoms with Gasteiger partial charge in [-0.05, 0) is 24.8 Å². The summed E-state index contributed by atoms with van der Waals surface area (Å²) in [5.41, 5.74) is 6.09. The molecule has 0 saturated carbocycles. The van der Waals surface area contributed by atoms with Crippen LogP contribution in [-0.4, -0.2) is 43.8 Å². The fraction of sp³-hybridized carbons (Fsp3) is 1.00. The van der Waals surface area contributed by atoms with E-state index in [1.54, 1.807) is 0 Å². The normalized spacial score (nSPS) is 30.8. The number of hydrogen-bond acceptors (Lipinski definition) is 3. The van der Waals surface area contributed by atoms with Crippen LogP contribution in [0.15, 0.2) is 0 Å². The molecule has 0 amide bonds. The highest BCUT2D eigenvalue weighted by molar-refractivity contribution is 4.81. The van der Waals surface area contributed by atoms with Gasteiger partial charge in [0.25, 0.3) is 0 Å². The zero-order chi connectivity index (χ0) is 11.4. The summed E-state index contributed by atoms with van der Waals surface area (Å²) in [6.45, 7) is 9.85. The molecule has 0 aromatic carbocycles. The summed E-state index contributed by atoms with van der Waals surface area (Å²) < 4.78 is 5.49. The maximum atomic E-state index is 6.09. The Balaban J connectivity index is 2.38. The molecule has 1 heterocycles. The standard InChI is InChI=1S/C12H26N2O/c1-9(2)11(13)7-14-6-5-10(3)12(8-14)15-4/h9-12H,5-8,13H2,1-4H3. The Morgan fingerprint density at radius 2 is 2.13 bits per heavy atom. The third-order valence-electron chi connectivity index (χ3n) is 3.60. The van der Waals surface area contributed by atoms with Crippen molar-refractivity contribution in [3.05, 3.63) is 0 Å². The van der Waals surface area contributed by atoms with Crippen LogP contribution in [0.25, 0.3) is 0 Å². The summed E-state index contributed by atoms with van der Waals surface area (Å²) in [6.07, 6.45) is 1.61. The van der Waals surface area contributed by atoms with Crippen LogP contribution in [0.4, 0.5) is 0 Å². The van der Waals surface area contributed by atoms with E-state index in [0.717, 1.165) is 13.1 Å². The highest BCUT2D eigenvalue weighted by Gasteiger charge is 2.27. The molecule has 3 atom stereocenters. The lowest BCUT2D eigenvalue weighted by Crippen LogP contribution is -2.49. The van der Waals surface area contributed by atoms with Crippen molar-refractivity contribution in [2.45, 2.75) is 39.3 Å². The summed E-state index contributed by atoms with van der Waals surface area (Å²) in [6, 6.07) is 0.288. The molecule has 15 heavy (non-hydrogen) atoms. The molecule has 0 bridgehead atoms. The van der Waals surface area contributed by atoms with Gasteiger partial charge in [-0.25, -0.2) is 0 Å². The van der Waals surface area contributed by atoms with E-state index in [4.69, 9.17) is 10.5 Å². The summed E-state index contributed by atoms with van der Waals surface area (Å²) >= 11 is 0. The first-order valence-electron chi connectivity index (χ1n) is 6.05. The SMILES string of the molecule is COC1CN(CC(N)C(C)C)CCC1C. The first kappa shape index (κ1) is 12.9. The fourth-order valence-electron chi connectivity index (χ4n) is 2.08. The molecule has 90 valence electrons. The number of ether oxygens (including phenoxy) is 1. The summed E-state index contributed by atoms with van der Waals surface area (Å²) in [5.74, 6) is 1.24. The van der Waals surface area contributed by atoms with Crippen LogP contribution < -0.4 is 5.73 Å². The van der Waals surface area contributed by atoms with E-state index in [1.165, 1.54) is 13.0 Å². The quantitative estimate of drug-likeness (QED) is 0.767. The topological polar surface area (TPSA) is 38.5 Å². The van der Waals surface area contributed by atoms with Crippen LogP contribution in [0.5, 0.6) is 0 Å². The third-order valence-corrected chi connectivity index (χ3v) is 3.60. The van der Waals surface area contributed by atoms with E-state index < -0.39 is 0 Å². The number of nitrogens with zero attached hydrogens (tertiary/aromatic N) is 1. The summed E-state index contributed by atoms with van der Waals surface area (Å²) in [4.78, 5) is 2.44. The predicted octanol–water partition coefficient (Wildman–Crippen LogP) is 1.33. The fourth-order valence-corrected chi connectivity index (χ4v) is 2.08. The average molecular weight is 214 g/mol. The van der Waals surface area contributed by atoms with Gasteiger partial charge in [0.15, 0.2) is 0 Å². The van der Waals surface area contributed by atoms with Gasteiger partial charge in [-0.1, -0.05) is 20.8 Å². The maximum Gasteiger partial charge on any atom is 0.0724 e. The number of nitrogens with two attached hydrogens (primary N) is 1. The second-order valence-corrected chi connectivity index (χ2v) is 5.21. The second-order valence-electron chi connectivity index (χ2n) is 5.21. The van der Waals surface area contributed by atoms with Crippen molar-refractivity contribution in [3.8, 4) is 0 Å². The Morgan fingerprint density at radius 1 is 1.47 bits per heavy atom. The zero-order valence-electron chi connectivity index (χ0n) is 10.6. The minimum Gasteiger partial charge on any atom is -0.380 e. The maximum absolute atomic E-state index is 6.09. The van der Waals surface area contributed by atoms with Gasteiger partial charge in [0, 0.05) is 26.2 Å². The molecule has 0 aromatic heterocycles. The van der Waals surface area contributed by atoms with E-state index in [-0.39, 0.29) is 6.04 Å². The van der Waals surface area contributed by atoms with Gasteiger partial charge in [0.1, 0.15) is 0 Å². The molecular formula is C12H26N2O. The average Bonchev–Trinajstić information content (AvgIpc) is 2.20. The molecule has 3 heteroatoms. The Hall–Kier alpha value is -0.120. The number of piperidine rings is 1. The van der Waals surface area contributed by atoms with Crippen LogP contribution in [0.1, 0.15) is 27.2 Å². The minimum absolute atomic E-state index is 0.288. The van der Waals surface area contributed by atoms with Crippen LogP contribution >= 0.6 is 0 Å². The van der Waals surface area contributed by atoms with Crippen LogP contribution in [0.3, 0.4) is 0 Å². The van der Waals surface area contributed by atoms with Crippen molar-refractivity contribution in [1.82, 2.24) is 4.90 Å². The van der Waals surface area contributed by atoms with Crippen molar-refractivity contribution in [1.29, 1.82) is 0 Å². The first-order valence-corrected chi connectivity index (χ1v) is 6.05. The molecule has 1 fully saturated rings. The van der Waals surface area contributed by atoms with E-state index in [2.05, 4.69) is 25.7 Å². The van der Waals surface area contributed by atoms with Crippen molar-refractivity contribution >= 4 is 0 Å². The molecule has 0 aliphatic carbocycles. The van der Waals surface area contributed by atoms with Gasteiger partial charge in [-0.2, -0.15) is 0 Å². The highest BCUT2D eigenvalue weighted by Crippen LogP contribution is 2.19. The smallest absolute Gasteiger partial charge is 0.0724 e. The van der Waals surface area contributed by atoms with Crippen LogP contribution in [-0.2, 0) is 4.74 Å². The lowest BCUT2D eigenvalue weighted by molar-refractivity contribution is -0.00751. The van der Waals surface area contributed by atoms with E-state index in [9.17, 15) is 0 Å². The third kappa shape index (κ3) is 3.74. The van der Waals surface area contributed by atoms with Gasteiger partial charge >= 0.3 is 0 Å². The van der Waals surface area contributed by atoms with E-state index in [0.29, 0.717) is 17.9 Å². The minimum atomic E-state index is 0.288. The van der Waals surface area contributed by atoms with Gasteiger partial charge < -0.3 is 10.5 Å². The van der Waals surface area contributed by atoms with Crippen molar-refractivity contribution in [3.63, 3.8) is 0 Å².